The summed E-state index contributed by atoms with van der Waals surface area (Å²) in [5.74, 6) is 2.61. The summed E-state index contributed by atoms with van der Waals surface area (Å²) in [4.78, 5) is 14.8. The first kappa shape index (κ1) is 27.0. The van der Waals surface area contributed by atoms with Crippen molar-refractivity contribution in [3.63, 3.8) is 0 Å². The Kier molecular flexibility index (Phi) is 7.20. The minimum absolute atomic E-state index is 0.0608. The van der Waals surface area contributed by atoms with Crippen molar-refractivity contribution in [2.75, 3.05) is 24.6 Å². The van der Waals surface area contributed by atoms with E-state index in [9.17, 15) is 8.78 Å². The maximum atomic E-state index is 13.2. The smallest absolute Gasteiger partial charge is 0.263 e. The molecule has 6 rings (SSSR count). The molecule has 2 aliphatic heterocycles. The van der Waals surface area contributed by atoms with Crippen LogP contribution in [0.15, 0.2) is 30.6 Å². The van der Waals surface area contributed by atoms with E-state index >= 15 is 0 Å². The van der Waals surface area contributed by atoms with Crippen molar-refractivity contribution in [3.05, 3.63) is 47.5 Å². The SMILES string of the molecule is Cc1nc2c(N3C[C@@H](C)N(C(c4ccc(C(F)F)cc4)C(C)C)C[C@@H]3C)nc3nncn3c2n1C[C@@H]1CCCO1. The molecule has 4 aromatic rings. The summed E-state index contributed by atoms with van der Waals surface area (Å²) in [6.45, 7) is 14.0. The van der Waals surface area contributed by atoms with E-state index in [4.69, 9.17) is 14.7 Å². The quantitative estimate of drug-likeness (QED) is 0.312. The molecule has 0 saturated carbocycles. The van der Waals surface area contributed by atoms with Gasteiger partial charge in [-0.2, -0.15) is 4.98 Å². The molecule has 0 amide bonds. The molecular formula is C29H38F2N8O. The molecule has 2 fully saturated rings. The topological polar surface area (TPSA) is 76.6 Å². The van der Waals surface area contributed by atoms with Crippen LogP contribution in [-0.2, 0) is 11.3 Å². The Bertz CT molecular complexity index is 1480. The Labute approximate surface area is 233 Å². The second-order valence-electron chi connectivity index (χ2n) is 11.7. The molecule has 0 bridgehead atoms. The van der Waals surface area contributed by atoms with E-state index in [-0.39, 0.29) is 29.8 Å². The van der Waals surface area contributed by atoms with Crippen LogP contribution >= 0.6 is 0 Å². The normalized spacial score (nSPS) is 23.3. The monoisotopic (exact) mass is 552 g/mol. The highest BCUT2D eigenvalue weighted by molar-refractivity contribution is 5.87. The zero-order valence-electron chi connectivity index (χ0n) is 23.8. The Morgan fingerprint density at radius 2 is 1.77 bits per heavy atom. The van der Waals surface area contributed by atoms with Crippen LogP contribution in [0.1, 0.15) is 70.0 Å². The fourth-order valence-electron chi connectivity index (χ4n) is 6.59. The van der Waals surface area contributed by atoms with Crippen molar-refractivity contribution in [1.82, 2.24) is 34.0 Å². The average Bonchev–Trinajstić information content (AvgIpc) is 3.67. The molecule has 2 saturated heterocycles. The van der Waals surface area contributed by atoms with Gasteiger partial charge in [0, 0.05) is 43.4 Å². The highest BCUT2D eigenvalue weighted by Gasteiger charge is 2.37. The molecule has 1 aromatic carbocycles. The summed E-state index contributed by atoms with van der Waals surface area (Å²) >= 11 is 0. The van der Waals surface area contributed by atoms with Crippen LogP contribution in [0, 0.1) is 12.8 Å². The number of hydrogen-bond acceptors (Lipinski definition) is 7. The first-order valence-corrected chi connectivity index (χ1v) is 14.3. The Morgan fingerprint density at radius 3 is 2.45 bits per heavy atom. The van der Waals surface area contributed by atoms with Crippen LogP contribution in [0.2, 0.25) is 0 Å². The Morgan fingerprint density at radius 1 is 1.02 bits per heavy atom. The van der Waals surface area contributed by atoms with Crippen LogP contribution in [-0.4, -0.2) is 71.9 Å². The molecule has 2 aliphatic rings. The fraction of sp³-hybridized carbons (Fsp3) is 0.586. The predicted molar refractivity (Wildman–Crippen MR) is 150 cm³/mol. The average molecular weight is 553 g/mol. The third-order valence-electron chi connectivity index (χ3n) is 8.54. The van der Waals surface area contributed by atoms with Crippen LogP contribution in [0.25, 0.3) is 16.9 Å². The molecule has 214 valence electrons. The number of alkyl halides is 2. The lowest BCUT2D eigenvalue weighted by atomic mass is 9.91. The summed E-state index contributed by atoms with van der Waals surface area (Å²) in [6.07, 6.45) is 1.54. The number of rotatable bonds is 7. The summed E-state index contributed by atoms with van der Waals surface area (Å²) < 4.78 is 36.5. The van der Waals surface area contributed by atoms with Crippen molar-refractivity contribution in [1.29, 1.82) is 0 Å². The summed E-state index contributed by atoms with van der Waals surface area (Å²) in [5.41, 5.74) is 2.92. The number of imidazole rings is 1. The maximum absolute atomic E-state index is 13.2. The zero-order valence-corrected chi connectivity index (χ0v) is 23.8. The molecule has 0 N–H and O–H groups in total. The number of nitrogens with zero attached hydrogens (tertiary/aromatic N) is 8. The molecule has 0 radical (unpaired) electrons. The number of fused-ring (bicyclic) bond motifs is 3. The van der Waals surface area contributed by atoms with Gasteiger partial charge < -0.3 is 14.2 Å². The third kappa shape index (κ3) is 4.72. The predicted octanol–water partition coefficient (Wildman–Crippen LogP) is 5.20. The Hall–Kier alpha value is -3.18. The van der Waals surface area contributed by atoms with Crippen LogP contribution in [0.3, 0.4) is 0 Å². The third-order valence-corrected chi connectivity index (χ3v) is 8.54. The van der Waals surface area contributed by atoms with Crippen molar-refractivity contribution < 1.29 is 13.5 Å². The number of aryl methyl sites for hydroxylation is 1. The zero-order chi connectivity index (χ0) is 28.1. The lowest BCUT2D eigenvalue weighted by Gasteiger charge is -2.49. The van der Waals surface area contributed by atoms with E-state index < -0.39 is 6.43 Å². The molecular weight excluding hydrogens is 514 g/mol. The highest BCUT2D eigenvalue weighted by atomic mass is 19.3. The van der Waals surface area contributed by atoms with Gasteiger partial charge in [-0.25, -0.2) is 18.2 Å². The van der Waals surface area contributed by atoms with E-state index in [0.29, 0.717) is 11.7 Å². The molecule has 0 spiro atoms. The van der Waals surface area contributed by atoms with Gasteiger partial charge >= 0.3 is 0 Å². The first-order chi connectivity index (χ1) is 19.2. The van der Waals surface area contributed by atoms with Crippen molar-refractivity contribution in [3.8, 4) is 0 Å². The molecule has 11 heteroatoms. The van der Waals surface area contributed by atoms with Gasteiger partial charge in [0.1, 0.15) is 17.7 Å². The first-order valence-electron chi connectivity index (χ1n) is 14.3. The van der Waals surface area contributed by atoms with Gasteiger partial charge in [0.25, 0.3) is 12.2 Å². The van der Waals surface area contributed by atoms with Gasteiger partial charge in [-0.1, -0.05) is 38.1 Å². The second kappa shape index (κ2) is 10.7. The molecule has 3 aromatic heterocycles. The van der Waals surface area contributed by atoms with Crippen molar-refractivity contribution in [2.24, 2.45) is 5.92 Å². The molecule has 0 aliphatic carbocycles. The summed E-state index contributed by atoms with van der Waals surface area (Å²) in [6, 6.07) is 7.30. The number of benzene rings is 1. The van der Waals surface area contributed by atoms with E-state index in [2.05, 4.69) is 52.3 Å². The molecule has 4 atom stereocenters. The van der Waals surface area contributed by atoms with E-state index in [0.717, 1.165) is 67.5 Å². The van der Waals surface area contributed by atoms with Gasteiger partial charge in [-0.3, -0.25) is 4.90 Å². The largest absolute Gasteiger partial charge is 0.376 e. The maximum Gasteiger partial charge on any atom is 0.263 e. The number of aromatic nitrogens is 6. The lowest BCUT2D eigenvalue weighted by molar-refractivity contribution is 0.0821. The molecule has 5 heterocycles. The van der Waals surface area contributed by atoms with Gasteiger partial charge in [-0.05, 0) is 45.1 Å². The standard InChI is InChI=1S/C29H38F2N8O/c1-17(2)25(21-8-10-22(11-9-21)26(30)31)36-13-19(4)37(14-18(36)3)27-24-28(39-16-32-35-29(39)34-27)38(20(5)33-24)15-23-7-6-12-40-23/h8-11,16-19,23,25-26H,6-7,12-15H2,1-5H3/t18-,19+,23+,25?/m1/s1. The van der Waals surface area contributed by atoms with Crippen molar-refractivity contribution in [2.45, 2.75) is 84.7 Å². The van der Waals surface area contributed by atoms with Crippen LogP contribution in [0.4, 0.5) is 14.6 Å². The molecule has 1 unspecified atom stereocenters. The molecule has 9 nitrogen and oxygen atoms in total. The second-order valence-corrected chi connectivity index (χ2v) is 11.7. The van der Waals surface area contributed by atoms with Crippen molar-refractivity contribution >= 4 is 22.8 Å². The minimum atomic E-state index is -2.46. The number of anilines is 1. The van der Waals surface area contributed by atoms with Gasteiger partial charge in [0.05, 0.1) is 12.6 Å². The summed E-state index contributed by atoms with van der Waals surface area (Å²) in [5, 5.41) is 8.48. The lowest BCUT2D eigenvalue weighted by Crippen LogP contribution is -2.58. The summed E-state index contributed by atoms with van der Waals surface area (Å²) in [7, 11) is 0. The van der Waals surface area contributed by atoms with Gasteiger partial charge in [0.15, 0.2) is 11.5 Å². The van der Waals surface area contributed by atoms with Crippen LogP contribution < -0.4 is 4.90 Å². The van der Waals surface area contributed by atoms with E-state index in [1.807, 2.05) is 23.5 Å². The van der Waals surface area contributed by atoms with E-state index in [1.54, 1.807) is 18.5 Å². The number of piperazine rings is 1. The highest BCUT2D eigenvalue weighted by Crippen LogP contribution is 2.37. The van der Waals surface area contributed by atoms with Gasteiger partial charge in [-0.15, -0.1) is 10.2 Å². The van der Waals surface area contributed by atoms with Crippen LogP contribution in [0.5, 0.6) is 0 Å². The minimum Gasteiger partial charge on any atom is -0.376 e. The number of halogens is 2. The number of hydrogen-bond donors (Lipinski definition) is 0. The van der Waals surface area contributed by atoms with Gasteiger partial charge in [0.2, 0.25) is 0 Å². The van der Waals surface area contributed by atoms with E-state index in [1.165, 1.54) is 0 Å². The number of ether oxygens (including phenoxy) is 1. The molecule has 40 heavy (non-hydrogen) atoms. The fourth-order valence-corrected chi connectivity index (χ4v) is 6.59. The Balaban J connectivity index is 1.34.